The molecule has 106 valence electrons. The number of benzene rings is 1. The van der Waals surface area contributed by atoms with E-state index in [1.165, 1.54) is 6.07 Å². The molecule has 2 aliphatic heterocycles. The molecule has 3 rings (SSSR count). The maximum absolute atomic E-state index is 14.2. The predicted molar refractivity (Wildman–Crippen MR) is 68.3 cm³/mol. The van der Waals surface area contributed by atoms with Gasteiger partial charge in [-0.2, -0.15) is 0 Å². The highest BCUT2D eigenvalue weighted by Gasteiger charge is 2.31. The molecule has 0 aromatic heterocycles. The number of hydrogen-bond acceptors (Lipinski definition) is 5. The molecule has 0 unspecified atom stereocenters. The molecule has 7 heteroatoms. The number of carbonyl (C=O) groups excluding carboxylic acids is 2. The number of halogens is 1. The quantitative estimate of drug-likeness (QED) is 0.600. The molecule has 0 atom stereocenters. The lowest BCUT2D eigenvalue weighted by atomic mass is 10.2. The lowest BCUT2D eigenvalue weighted by molar-refractivity contribution is -0.132. The van der Waals surface area contributed by atoms with Gasteiger partial charge in [-0.3, -0.25) is 4.90 Å². The van der Waals surface area contributed by atoms with Crippen LogP contribution < -0.4 is 9.80 Å². The molecule has 2 saturated heterocycles. The third kappa shape index (κ3) is 2.32. The summed E-state index contributed by atoms with van der Waals surface area (Å²) in [6.07, 6.45) is -0.770. The number of carbonyl (C=O) groups is 2. The Morgan fingerprint density at radius 3 is 2.50 bits per heavy atom. The normalized spacial score (nSPS) is 19.4. The number of anilines is 2. The molecule has 1 aromatic rings. The van der Waals surface area contributed by atoms with E-state index in [-0.39, 0.29) is 6.54 Å². The van der Waals surface area contributed by atoms with Crippen molar-refractivity contribution < 1.29 is 23.5 Å². The van der Waals surface area contributed by atoms with Crippen LogP contribution >= 0.6 is 0 Å². The van der Waals surface area contributed by atoms with Crippen molar-refractivity contribution in [3.05, 3.63) is 24.0 Å². The molecule has 1 amide bonds. The summed E-state index contributed by atoms with van der Waals surface area (Å²) in [4.78, 5) is 25.4. The molecule has 1 aromatic carbocycles. The summed E-state index contributed by atoms with van der Waals surface area (Å²) in [5, 5.41) is 0. The molecular formula is C13H13FN2O4. The first-order chi connectivity index (χ1) is 9.65. The Morgan fingerprint density at radius 2 is 1.90 bits per heavy atom. The van der Waals surface area contributed by atoms with Crippen molar-refractivity contribution in [2.24, 2.45) is 0 Å². The van der Waals surface area contributed by atoms with Gasteiger partial charge in [0.2, 0.25) is 0 Å². The highest BCUT2D eigenvalue weighted by Crippen LogP contribution is 2.27. The van der Waals surface area contributed by atoms with E-state index < -0.39 is 17.9 Å². The van der Waals surface area contributed by atoms with Crippen LogP contribution in [0.4, 0.5) is 20.6 Å². The molecule has 0 radical (unpaired) electrons. The van der Waals surface area contributed by atoms with E-state index in [1.54, 1.807) is 12.1 Å². The second-order valence-corrected chi connectivity index (χ2v) is 4.56. The second kappa shape index (κ2) is 5.09. The Hall–Kier alpha value is -2.15. The Balaban J connectivity index is 1.83. The fourth-order valence-electron chi connectivity index (χ4n) is 2.30. The van der Waals surface area contributed by atoms with Crippen molar-refractivity contribution in [3.63, 3.8) is 0 Å². The van der Waals surface area contributed by atoms with Crippen molar-refractivity contribution in [1.82, 2.24) is 0 Å². The molecular weight excluding hydrogens is 267 g/mol. The van der Waals surface area contributed by atoms with Crippen LogP contribution in [0, 0.1) is 5.82 Å². The highest BCUT2D eigenvalue weighted by molar-refractivity contribution is 6.04. The van der Waals surface area contributed by atoms with Crippen molar-refractivity contribution in [1.29, 1.82) is 0 Å². The largest absolute Gasteiger partial charge is 0.422 e. The third-order valence-electron chi connectivity index (χ3n) is 3.30. The van der Waals surface area contributed by atoms with Gasteiger partial charge in [0, 0.05) is 13.1 Å². The molecule has 2 heterocycles. The van der Waals surface area contributed by atoms with E-state index in [2.05, 4.69) is 4.74 Å². The van der Waals surface area contributed by atoms with Gasteiger partial charge in [0.05, 0.1) is 24.6 Å². The standard InChI is InChI=1S/C13H13FN2O4/c14-10-7-9(16-8-12(17)20-13(16)18)1-2-11(10)15-3-5-19-6-4-15/h1-2,7H,3-6,8H2. The fourth-order valence-corrected chi connectivity index (χ4v) is 2.30. The van der Waals surface area contributed by atoms with E-state index >= 15 is 0 Å². The molecule has 0 aliphatic carbocycles. The van der Waals surface area contributed by atoms with Crippen LogP contribution in [0.15, 0.2) is 18.2 Å². The minimum absolute atomic E-state index is 0.185. The maximum atomic E-state index is 14.2. The molecule has 20 heavy (non-hydrogen) atoms. The Labute approximate surface area is 114 Å². The number of cyclic esters (lactones) is 2. The lowest BCUT2D eigenvalue weighted by Gasteiger charge is -2.29. The summed E-state index contributed by atoms with van der Waals surface area (Å²) in [6, 6.07) is 4.45. The Morgan fingerprint density at radius 1 is 1.15 bits per heavy atom. The molecule has 6 nitrogen and oxygen atoms in total. The van der Waals surface area contributed by atoms with Gasteiger partial charge in [-0.05, 0) is 18.2 Å². The van der Waals surface area contributed by atoms with Crippen LogP contribution in [0.1, 0.15) is 0 Å². The molecule has 2 aliphatic rings. The van der Waals surface area contributed by atoms with Crippen LogP contribution in [0.5, 0.6) is 0 Å². The Kier molecular flexibility index (Phi) is 3.27. The van der Waals surface area contributed by atoms with Gasteiger partial charge in [0.1, 0.15) is 12.4 Å². The smallest absolute Gasteiger partial charge is 0.378 e. The highest BCUT2D eigenvalue weighted by atomic mass is 19.1. The molecule has 0 N–H and O–H groups in total. The maximum Gasteiger partial charge on any atom is 0.422 e. The first-order valence-electron chi connectivity index (χ1n) is 6.29. The zero-order chi connectivity index (χ0) is 14.1. The number of hydrogen-bond donors (Lipinski definition) is 0. The second-order valence-electron chi connectivity index (χ2n) is 4.56. The molecule has 0 bridgehead atoms. The van der Waals surface area contributed by atoms with Crippen molar-refractivity contribution in [2.45, 2.75) is 0 Å². The minimum Gasteiger partial charge on any atom is -0.378 e. The van der Waals surface area contributed by atoms with Gasteiger partial charge in [-0.25, -0.2) is 14.0 Å². The zero-order valence-electron chi connectivity index (χ0n) is 10.7. The summed E-state index contributed by atoms with van der Waals surface area (Å²) < 4.78 is 23.8. The molecule has 0 spiro atoms. The first-order valence-corrected chi connectivity index (χ1v) is 6.29. The van der Waals surface area contributed by atoms with E-state index in [0.29, 0.717) is 37.7 Å². The number of amides is 1. The predicted octanol–water partition coefficient (Wildman–Crippen LogP) is 1.15. The summed E-state index contributed by atoms with van der Waals surface area (Å²) in [5.41, 5.74) is 0.784. The van der Waals surface area contributed by atoms with E-state index in [1.807, 2.05) is 4.90 Å². The minimum atomic E-state index is -0.770. The molecule has 0 saturated carbocycles. The Bertz CT molecular complexity index is 557. The van der Waals surface area contributed by atoms with Gasteiger partial charge in [-0.15, -0.1) is 0 Å². The number of rotatable bonds is 2. The van der Waals surface area contributed by atoms with E-state index in [9.17, 15) is 14.0 Å². The van der Waals surface area contributed by atoms with Gasteiger partial charge < -0.3 is 14.4 Å². The molecule has 2 fully saturated rings. The average Bonchev–Trinajstić information content (AvgIpc) is 2.78. The van der Waals surface area contributed by atoms with Crippen molar-refractivity contribution in [2.75, 3.05) is 42.6 Å². The van der Waals surface area contributed by atoms with Crippen LogP contribution in [-0.2, 0) is 14.3 Å². The fraction of sp³-hybridized carbons (Fsp3) is 0.385. The van der Waals surface area contributed by atoms with Gasteiger partial charge in [0.25, 0.3) is 0 Å². The van der Waals surface area contributed by atoms with E-state index in [4.69, 9.17) is 4.74 Å². The monoisotopic (exact) mass is 280 g/mol. The third-order valence-corrected chi connectivity index (χ3v) is 3.30. The number of nitrogens with zero attached hydrogens (tertiary/aromatic N) is 2. The van der Waals surface area contributed by atoms with Crippen molar-refractivity contribution >= 4 is 23.4 Å². The SMILES string of the molecule is O=C1CN(c2ccc(N3CCOCC3)c(F)c2)C(=O)O1. The van der Waals surface area contributed by atoms with Gasteiger partial charge in [-0.1, -0.05) is 0 Å². The number of esters is 1. The summed E-state index contributed by atoms with van der Waals surface area (Å²) in [6.45, 7) is 2.19. The number of morpholine rings is 1. The van der Waals surface area contributed by atoms with Crippen LogP contribution in [-0.4, -0.2) is 44.9 Å². The first kappa shape index (κ1) is 12.9. The van der Waals surface area contributed by atoms with Gasteiger partial charge in [0.15, 0.2) is 0 Å². The zero-order valence-corrected chi connectivity index (χ0v) is 10.7. The topological polar surface area (TPSA) is 59.1 Å². The summed E-state index contributed by atoms with van der Waals surface area (Å²) >= 11 is 0. The van der Waals surface area contributed by atoms with E-state index in [0.717, 1.165) is 4.90 Å². The summed E-state index contributed by atoms with van der Waals surface area (Å²) in [5.74, 6) is -1.07. The van der Waals surface area contributed by atoms with Crippen LogP contribution in [0.25, 0.3) is 0 Å². The average molecular weight is 280 g/mol. The van der Waals surface area contributed by atoms with Crippen molar-refractivity contribution in [3.8, 4) is 0 Å². The van der Waals surface area contributed by atoms with Gasteiger partial charge >= 0.3 is 12.1 Å². The number of ether oxygens (including phenoxy) is 2. The summed E-state index contributed by atoms with van der Waals surface area (Å²) in [7, 11) is 0. The van der Waals surface area contributed by atoms with Crippen LogP contribution in [0.3, 0.4) is 0 Å². The van der Waals surface area contributed by atoms with Crippen LogP contribution in [0.2, 0.25) is 0 Å². The lowest BCUT2D eigenvalue weighted by Crippen LogP contribution is -2.36.